The summed E-state index contributed by atoms with van der Waals surface area (Å²) in [5, 5.41) is 20.4. The van der Waals surface area contributed by atoms with Crippen LogP contribution in [0.4, 0.5) is 4.39 Å². The average Bonchev–Trinajstić information content (AvgIpc) is 2.04. The van der Waals surface area contributed by atoms with Crippen molar-refractivity contribution in [3.8, 4) is 0 Å². The van der Waals surface area contributed by atoms with E-state index in [1.54, 1.807) is 0 Å². The Hall–Kier alpha value is -1.79. The van der Waals surface area contributed by atoms with E-state index in [1.807, 2.05) is 0 Å². The van der Waals surface area contributed by atoms with Crippen molar-refractivity contribution >= 4 is 0 Å². The summed E-state index contributed by atoms with van der Waals surface area (Å²) in [4.78, 5) is 18.3. The van der Waals surface area contributed by atoms with Crippen LogP contribution in [0.5, 0.6) is 0 Å². The van der Waals surface area contributed by atoms with E-state index >= 15 is 0 Å². The Morgan fingerprint density at radius 2 is 2.08 bits per heavy atom. The molecule has 0 aromatic rings. The maximum Gasteiger partial charge on any atom is 0.388 e. The molecular formula is C6H5FN2O4. The number of hydrogen-bond acceptors (Lipinski definition) is 4. The summed E-state index contributed by atoms with van der Waals surface area (Å²) in [7, 11) is 0. The summed E-state index contributed by atoms with van der Waals surface area (Å²) in [5.74, 6) is -2.84. The van der Waals surface area contributed by atoms with E-state index in [0.29, 0.717) is 6.08 Å². The Bertz CT molecular complexity index is 325. The first-order chi connectivity index (χ1) is 5.96. The van der Waals surface area contributed by atoms with Crippen molar-refractivity contribution in [1.29, 1.82) is 0 Å². The van der Waals surface area contributed by atoms with Crippen LogP contribution in [0.25, 0.3) is 0 Å². The number of allylic oxidation sites excluding steroid dienone is 2. The van der Waals surface area contributed by atoms with Crippen molar-refractivity contribution in [3.63, 3.8) is 0 Å². The minimum atomic E-state index is -2.84. The summed E-state index contributed by atoms with van der Waals surface area (Å²) in [6.45, 7) is 0. The minimum absolute atomic E-state index is 0.498. The van der Waals surface area contributed by atoms with Crippen LogP contribution in [0, 0.1) is 20.2 Å². The van der Waals surface area contributed by atoms with Gasteiger partial charge < -0.3 is 0 Å². The quantitative estimate of drug-likeness (QED) is 0.368. The molecular weight excluding hydrogens is 183 g/mol. The number of nitro groups is 2. The van der Waals surface area contributed by atoms with E-state index in [4.69, 9.17) is 0 Å². The smallest absolute Gasteiger partial charge is 0.261 e. The lowest BCUT2D eigenvalue weighted by Gasteiger charge is -2.12. The fourth-order valence-electron chi connectivity index (χ4n) is 0.929. The van der Waals surface area contributed by atoms with Crippen LogP contribution < -0.4 is 0 Å². The van der Waals surface area contributed by atoms with Crippen LogP contribution in [-0.2, 0) is 0 Å². The van der Waals surface area contributed by atoms with Crippen LogP contribution >= 0.6 is 0 Å². The van der Waals surface area contributed by atoms with Gasteiger partial charge in [0.25, 0.3) is 5.70 Å². The number of nitrogens with zero attached hydrogens (tertiary/aromatic N) is 2. The van der Waals surface area contributed by atoms with Crippen LogP contribution in [0.15, 0.2) is 23.9 Å². The van der Waals surface area contributed by atoms with Gasteiger partial charge in [-0.15, -0.1) is 0 Å². The van der Waals surface area contributed by atoms with Gasteiger partial charge in [-0.1, -0.05) is 0 Å². The number of halogens is 1. The second-order valence-corrected chi connectivity index (χ2v) is 2.53. The Balaban J connectivity index is 2.92. The molecule has 1 aliphatic rings. The van der Waals surface area contributed by atoms with Gasteiger partial charge in [0.05, 0.1) is 9.85 Å². The number of rotatable bonds is 2. The zero-order chi connectivity index (χ0) is 10.1. The molecule has 0 N–H and O–H groups in total. The summed E-state index contributed by atoms with van der Waals surface area (Å²) in [6.07, 6.45) is 1.88. The van der Waals surface area contributed by atoms with Crippen LogP contribution in [0.2, 0.25) is 0 Å². The van der Waals surface area contributed by atoms with E-state index in [-0.39, 0.29) is 0 Å². The molecule has 70 valence electrons. The Labute approximate surface area is 71.7 Å². The van der Waals surface area contributed by atoms with E-state index in [1.165, 1.54) is 0 Å². The molecule has 0 aliphatic heterocycles. The molecule has 1 unspecified atom stereocenters. The Morgan fingerprint density at radius 3 is 2.54 bits per heavy atom. The molecule has 7 heteroatoms. The summed E-state index contributed by atoms with van der Waals surface area (Å²) in [6, 6.07) is 0. The van der Waals surface area contributed by atoms with Gasteiger partial charge in [-0.3, -0.25) is 20.2 Å². The third-order valence-electron chi connectivity index (χ3n) is 1.61. The fraction of sp³-hybridized carbons (Fsp3) is 0.333. The van der Waals surface area contributed by atoms with Crippen molar-refractivity contribution in [3.05, 3.63) is 44.2 Å². The van der Waals surface area contributed by atoms with E-state index in [0.717, 1.165) is 12.2 Å². The monoisotopic (exact) mass is 188 g/mol. The summed E-state index contributed by atoms with van der Waals surface area (Å²) >= 11 is 0. The molecule has 0 fully saturated rings. The highest BCUT2D eigenvalue weighted by molar-refractivity contribution is 5.18. The summed E-state index contributed by atoms with van der Waals surface area (Å²) in [5.41, 5.74) is -0.498. The predicted molar refractivity (Wildman–Crippen MR) is 39.7 cm³/mol. The van der Waals surface area contributed by atoms with Crippen molar-refractivity contribution < 1.29 is 14.2 Å². The molecule has 0 aromatic carbocycles. The maximum atomic E-state index is 13.2. The molecule has 0 bridgehead atoms. The number of alkyl halides is 1. The minimum Gasteiger partial charge on any atom is -0.261 e. The van der Waals surface area contributed by atoms with E-state index in [2.05, 4.69) is 0 Å². The van der Waals surface area contributed by atoms with Gasteiger partial charge in [-0.05, 0) is 6.08 Å². The van der Waals surface area contributed by atoms with Gasteiger partial charge in [0, 0.05) is 12.2 Å². The lowest BCUT2D eigenvalue weighted by molar-refractivity contribution is -0.594. The van der Waals surface area contributed by atoms with Crippen LogP contribution in [-0.4, -0.2) is 15.6 Å². The normalized spacial score (nSPS) is 26.7. The molecule has 1 aliphatic carbocycles. The fourth-order valence-corrected chi connectivity index (χ4v) is 0.929. The van der Waals surface area contributed by atoms with E-state index < -0.39 is 27.8 Å². The van der Waals surface area contributed by atoms with Gasteiger partial charge in [0.1, 0.15) is 6.42 Å². The topological polar surface area (TPSA) is 86.3 Å². The largest absolute Gasteiger partial charge is 0.388 e. The van der Waals surface area contributed by atoms with Gasteiger partial charge >= 0.3 is 5.79 Å². The maximum absolute atomic E-state index is 13.2. The highest BCUT2D eigenvalue weighted by Crippen LogP contribution is 2.27. The Morgan fingerprint density at radius 1 is 1.46 bits per heavy atom. The molecule has 0 amide bonds. The van der Waals surface area contributed by atoms with Gasteiger partial charge in [-0.25, -0.2) is 0 Å². The predicted octanol–water partition coefficient (Wildman–Crippen LogP) is 1.05. The molecule has 1 atom stereocenters. The molecule has 1 rings (SSSR count). The molecule has 0 spiro atoms. The van der Waals surface area contributed by atoms with Gasteiger partial charge in [-0.2, -0.15) is 4.39 Å². The molecule has 0 saturated carbocycles. The zero-order valence-electron chi connectivity index (χ0n) is 6.34. The molecule has 0 radical (unpaired) electrons. The van der Waals surface area contributed by atoms with Gasteiger partial charge in [0.2, 0.25) is 0 Å². The molecule has 6 nitrogen and oxygen atoms in total. The molecule has 0 heterocycles. The second kappa shape index (κ2) is 2.92. The van der Waals surface area contributed by atoms with Crippen molar-refractivity contribution in [2.45, 2.75) is 12.2 Å². The van der Waals surface area contributed by atoms with Crippen LogP contribution in [0.1, 0.15) is 6.42 Å². The molecule has 0 aromatic heterocycles. The van der Waals surface area contributed by atoms with Crippen molar-refractivity contribution in [2.24, 2.45) is 0 Å². The SMILES string of the molecule is O=[N+]([O-])C1=CC=CC(F)([N+](=O)[O-])C1. The highest BCUT2D eigenvalue weighted by Gasteiger charge is 2.45. The van der Waals surface area contributed by atoms with Crippen molar-refractivity contribution in [2.75, 3.05) is 0 Å². The highest BCUT2D eigenvalue weighted by atomic mass is 19.1. The molecule has 13 heavy (non-hydrogen) atoms. The first kappa shape index (κ1) is 9.30. The second-order valence-electron chi connectivity index (χ2n) is 2.53. The van der Waals surface area contributed by atoms with Crippen molar-refractivity contribution in [1.82, 2.24) is 0 Å². The molecule has 0 saturated heterocycles. The first-order valence-electron chi connectivity index (χ1n) is 3.32. The Kier molecular flexibility index (Phi) is 2.09. The lowest BCUT2D eigenvalue weighted by Crippen LogP contribution is -2.33. The van der Waals surface area contributed by atoms with E-state index in [9.17, 15) is 24.6 Å². The third kappa shape index (κ3) is 1.68. The average molecular weight is 188 g/mol. The summed E-state index contributed by atoms with van der Waals surface area (Å²) < 4.78 is 13.2. The van der Waals surface area contributed by atoms with Gasteiger partial charge in [0.15, 0.2) is 0 Å². The first-order valence-corrected chi connectivity index (χ1v) is 3.32. The zero-order valence-corrected chi connectivity index (χ0v) is 6.34. The standard InChI is InChI=1S/C6H5FN2O4/c7-6(9(12)13)3-1-2-5(4-6)8(10)11/h1-3H,4H2. The lowest BCUT2D eigenvalue weighted by atomic mass is 10.0. The third-order valence-corrected chi connectivity index (χ3v) is 1.61. The number of hydrogen-bond donors (Lipinski definition) is 0. The van der Waals surface area contributed by atoms with Crippen LogP contribution in [0.3, 0.4) is 0 Å².